The number of fused-ring (bicyclic) bond motifs is 1. The zero-order valence-electron chi connectivity index (χ0n) is 12.1. The molecule has 1 aromatic carbocycles. The second-order valence-electron chi connectivity index (χ2n) is 5.16. The molecule has 1 unspecified atom stereocenters. The highest BCUT2D eigenvalue weighted by Crippen LogP contribution is 2.30. The topological polar surface area (TPSA) is 55.1 Å². The number of rotatable bonds is 3. The predicted molar refractivity (Wildman–Crippen MR) is 84.3 cm³/mol. The molecule has 0 bridgehead atoms. The van der Waals surface area contributed by atoms with E-state index in [0.717, 1.165) is 16.9 Å². The molecule has 2 heterocycles. The lowest BCUT2D eigenvalue weighted by atomic mass is 10.2. The maximum Gasteiger partial charge on any atom is 0.335 e. The predicted octanol–water partition coefficient (Wildman–Crippen LogP) is 4.02. The van der Waals surface area contributed by atoms with Crippen molar-refractivity contribution < 1.29 is 9.90 Å². The zero-order valence-corrected chi connectivity index (χ0v) is 12.9. The van der Waals surface area contributed by atoms with Gasteiger partial charge in [0.2, 0.25) is 0 Å². The quantitative estimate of drug-likeness (QED) is 0.794. The van der Waals surface area contributed by atoms with E-state index in [0.29, 0.717) is 5.56 Å². The first-order valence-corrected chi connectivity index (χ1v) is 7.57. The van der Waals surface area contributed by atoms with Crippen LogP contribution in [0.2, 0.25) is 0 Å². The molecule has 1 atom stereocenters. The van der Waals surface area contributed by atoms with E-state index in [1.165, 1.54) is 9.75 Å². The molecular formula is C16H16N2O2S. The van der Waals surface area contributed by atoms with Crippen molar-refractivity contribution in [3.63, 3.8) is 0 Å². The number of carboxylic acids is 1. The molecule has 108 valence electrons. The molecule has 3 aromatic rings. The standard InChI is InChI=1S/C16H16N2O2S/c1-9-4-7-15(21-9)10(2)18-11(3)17-13-6-5-12(16(19)20)8-14(13)18/h4-8,10H,1-3H3,(H,19,20). The third-order valence-electron chi connectivity index (χ3n) is 3.67. The minimum atomic E-state index is -0.915. The minimum absolute atomic E-state index is 0.137. The molecular weight excluding hydrogens is 284 g/mol. The van der Waals surface area contributed by atoms with Gasteiger partial charge in [0, 0.05) is 9.75 Å². The summed E-state index contributed by atoms with van der Waals surface area (Å²) >= 11 is 1.76. The summed E-state index contributed by atoms with van der Waals surface area (Å²) in [6.45, 7) is 6.16. The van der Waals surface area contributed by atoms with Crippen molar-refractivity contribution in [1.82, 2.24) is 9.55 Å². The van der Waals surface area contributed by atoms with Gasteiger partial charge in [-0.2, -0.15) is 0 Å². The van der Waals surface area contributed by atoms with Crippen LogP contribution in [0.25, 0.3) is 11.0 Å². The van der Waals surface area contributed by atoms with E-state index >= 15 is 0 Å². The fraction of sp³-hybridized carbons (Fsp3) is 0.250. The van der Waals surface area contributed by atoms with Gasteiger partial charge in [0.15, 0.2) is 0 Å². The van der Waals surface area contributed by atoms with Crippen LogP contribution in [0.5, 0.6) is 0 Å². The summed E-state index contributed by atoms with van der Waals surface area (Å²) in [5, 5.41) is 9.17. The van der Waals surface area contributed by atoms with Gasteiger partial charge < -0.3 is 9.67 Å². The number of hydrogen-bond acceptors (Lipinski definition) is 3. The Balaban J connectivity index is 2.18. The molecule has 0 aliphatic rings. The summed E-state index contributed by atoms with van der Waals surface area (Å²) in [4.78, 5) is 18.2. The van der Waals surface area contributed by atoms with Crippen molar-refractivity contribution in [2.24, 2.45) is 0 Å². The number of carboxylic acid groups (broad SMARTS) is 1. The van der Waals surface area contributed by atoms with Crippen LogP contribution in [-0.4, -0.2) is 20.6 Å². The Labute approximate surface area is 126 Å². The number of hydrogen-bond donors (Lipinski definition) is 1. The SMILES string of the molecule is Cc1ccc(C(C)n2c(C)nc3ccc(C(=O)O)cc32)s1. The van der Waals surface area contributed by atoms with Crippen LogP contribution in [0.1, 0.15) is 38.9 Å². The number of aromatic carboxylic acids is 1. The maximum absolute atomic E-state index is 11.2. The first-order valence-electron chi connectivity index (χ1n) is 6.75. The van der Waals surface area contributed by atoms with Crippen molar-refractivity contribution >= 4 is 28.3 Å². The molecule has 0 aliphatic heterocycles. The summed E-state index contributed by atoms with van der Waals surface area (Å²) in [7, 11) is 0. The molecule has 5 heteroatoms. The Morgan fingerprint density at radius 3 is 2.67 bits per heavy atom. The van der Waals surface area contributed by atoms with E-state index in [-0.39, 0.29) is 6.04 Å². The van der Waals surface area contributed by atoms with Crippen LogP contribution >= 0.6 is 11.3 Å². The van der Waals surface area contributed by atoms with Gasteiger partial charge in [0.05, 0.1) is 22.6 Å². The highest BCUT2D eigenvalue weighted by Gasteiger charge is 2.17. The highest BCUT2D eigenvalue weighted by molar-refractivity contribution is 7.12. The zero-order chi connectivity index (χ0) is 15.1. The summed E-state index contributed by atoms with van der Waals surface area (Å²) < 4.78 is 2.10. The normalized spacial score (nSPS) is 12.7. The molecule has 0 amide bonds. The van der Waals surface area contributed by atoms with Gasteiger partial charge >= 0.3 is 5.97 Å². The Morgan fingerprint density at radius 1 is 1.29 bits per heavy atom. The van der Waals surface area contributed by atoms with Gasteiger partial charge in [0.25, 0.3) is 0 Å². The van der Waals surface area contributed by atoms with Gasteiger partial charge in [-0.1, -0.05) is 0 Å². The van der Waals surface area contributed by atoms with Gasteiger partial charge in [-0.3, -0.25) is 0 Å². The van der Waals surface area contributed by atoms with Crippen molar-refractivity contribution in [3.8, 4) is 0 Å². The second-order valence-corrected chi connectivity index (χ2v) is 6.48. The summed E-state index contributed by atoms with van der Waals surface area (Å²) in [6.07, 6.45) is 0. The van der Waals surface area contributed by atoms with E-state index in [2.05, 4.69) is 35.5 Å². The molecule has 0 fully saturated rings. The second kappa shape index (κ2) is 5.00. The minimum Gasteiger partial charge on any atom is -0.478 e. The lowest BCUT2D eigenvalue weighted by molar-refractivity contribution is 0.0697. The molecule has 4 nitrogen and oxygen atoms in total. The Hall–Kier alpha value is -2.14. The number of imidazole rings is 1. The maximum atomic E-state index is 11.2. The van der Waals surface area contributed by atoms with Gasteiger partial charge in [-0.15, -0.1) is 11.3 Å². The average Bonchev–Trinajstić information content (AvgIpc) is 3.00. The fourth-order valence-corrected chi connectivity index (χ4v) is 3.56. The number of aryl methyl sites for hydroxylation is 2. The van der Waals surface area contributed by atoms with Crippen molar-refractivity contribution in [2.45, 2.75) is 26.8 Å². The van der Waals surface area contributed by atoms with Crippen LogP contribution < -0.4 is 0 Å². The third kappa shape index (κ3) is 2.34. The van der Waals surface area contributed by atoms with Crippen LogP contribution in [-0.2, 0) is 0 Å². The largest absolute Gasteiger partial charge is 0.478 e. The van der Waals surface area contributed by atoms with E-state index in [1.54, 1.807) is 29.5 Å². The number of thiophene rings is 1. The molecule has 2 aromatic heterocycles. The molecule has 0 saturated heterocycles. The monoisotopic (exact) mass is 300 g/mol. The molecule has 0 spiro atoms. The Kier molecular flexibility index (Phi) is 3.29. The summed E-state index contributed by atoms with van der Waals surface area (Å²) in [5.74, 6) is -0.0204. The lowest BCUT2D eigenvalue weighted by Gasteiger charge is -2.15. The van der Waals surface area contributed by atoms with Gasteiger partial charge in [0.1, 0.15) is 5.82 Å². The number of aromatic nitrogens is 2. The third-order valence-corrected chi connectivity index (χ3v) is 4.84. The smallest absolute Gasteiger partial charge is 0.335 e. The fourth-order valence-electron chi connectivity index (χ4n) is 2.64. The lowest BCUT2D eigenvalue weighted by Crippen LogP contribution is -2.07. The first-order chi connectivity index (χ1) is 9.97. The summed E-state index contributed by atoms with van der Waals surface area (Å²) in [5.41, 5.74) is 1.99. The molecule has 1 N–H and O–H groups in total. The number of carbonyl (C=O) groups is 1. The van der Waals surface area contributed by atoms with E-state index in [1.807, 2.05) is 6.92 Å². The molecule has 21 heavy (non-hydrogen) atoms. The van der Waals surface area contributed by atoms with Gasteiger partial charge in [-0.05, 0) is 51.1 Å². The van der Waals surface area contributed by atoms with Crippen LogP contribution in [0.15, 0.2) is 30.3 Å². The Bertz CT molecular complexity index is 832. The van der Waals surface area contributed by atoms with Crippen molar-refractivity contribution in [1.29, 1.82) is 0 Å². The molecule has 0 saturated carbocycles. The van der Waals surface area contributed by atoms with Crippen LogP contribution in [0.4, 0.5) is 0 Å². The molecule has 3 rings (SSSR count). The van der Waals surface area contributed by atoms with Crippen LogP contribution in [0, 0.1) is 13.8 Å². The number of benzene rings is 1. The summed E-state index contributed by atoms with van der Waals surface area (Å²) in [6, 6.07) is 9.44. The highest BCUT2D eigenvalue weighted by atomic mass is 32.1. The van der Waals surface area contributed by atoms with E-state index < -0.39 is 5.97 Å². The van der Waals surface area contributed by atoms with Gasteiger partial charge in [-0.25, -0.2) is 9.78 Å². The van der Waals surface area contributed by atoms with Crippen molar-refractivity contribution in [2.75, 3.05) is 0 Å². The van der Waals surface area contributed by atoms with E-state index in [4.69, 9.17) is 0 Å². The molecule has 0 aliphatic carbocycles. The van der Waals surface area contributed by atoms with E-state index in [9.17, 15) is 9.90 Å². The number of nitrogens with zero attached hydrogens (tertiary/aromatic N) is 2. The molecule has 0 radical (unpaired) electrons. The Morgan fingerprint density at radius 2 is 2.05 bits per heavy atom. The van der Waals surface area contributed by atoms with Crippen molar-refractivity contribution in [3.05, 3.63) is 51.5 Å². The average molecular weight is 300 g/mol. The van der Waals surface area contributed by atoms with Crippen LogP contribution in [0.3, 0.4) is 0 Å². The first kappa shape index (κ1) is 13.8.